The minimum Gasteiger partial charge on any atom is -0.497 e. The second kappa shape index (κ2) is 7.17. The van der Waals surface area contributed by atoms with E-state index in [4.69, 9.17) is 4.74 Å². The van der Waals surface area contributed by atoms with Gasteiger partial charge in [-0.15, -0.1) is 6.58 Å². The Bertz CT molecular complexity index is 403. The number of rotatable bonds is 7. The Labute approximate surface area is 109 Å². The van der Waals surface area contributed by atoms with Crippen molar-refractivity contribution in [2.45, 2.75) is 32.7 Å². The summed E-state index contributed by atoms with van der Waals surface area (Å²) in [6.45, 7) is 8.82. The van der Waals surface area contributed by atoms with E-state index in [2.05, 4.69) is 18.8 Å². The Morgan fingerprint density at radius 2 is 2.22 bits per heavy atom. The van der Waals surface area contributed by atoms with Crippen molar-refractivity contribution in [2.75, 3.05) is 13.7 Å². The largest absolute Gasteiger partial charge is 0.497 e. The first-order valence-electron chi connectivity index (χ1n) is 6.29. The first-order valence-corrected chi connectivity index (χ1v) is 6.29. The van der Waals surface area contributed by atoms with E-state index < -0.39 is 0 Å². The normalized spacial score (nSPS) is 12.2. The first-order chi connectivity index (χ1) is 8.58. The van der Waals surface area contributed by atoms with E-state index in [0.717, 1.165) is 25.0 Å². The van der Waals surface area contributed by atoms with E-state index in [1.807, 2.05) is 6.92 Å². The summed E-state index contributed by atoms with van der Waals surface area (Å²) < 4.78 is 19.0. The number of methoxy groups -OCH3 is 1. The van der Waals surface area contributed by atoms with Gasteiger partial charge in [0.05, 0.1) is 7.11 Å². The Balaban J connectivity index is 2.92. The second-order valence-electron chi connectivity index (χ2n) is 4.56. The molecule has 1 aromatic rings. The first kappa shape index (κ1) is 14.7. The number of benzene rings is 1. The molecule has 2 nitrogen and oxygen atoms in total. The highest BCUT2D eigenvalue weighted by Crippen LogP contribution is 2.26. The lowest BCUT2D eigenvalue weighted by Crippen LogP contribution is -2.23. The van der Waals surface area contributed by atoms with Crippen LogP contribution in [-0.2, 0) is 0 Å². The molecule has 18 heavy (non-hydrogen) atoms. The number of nitrogens with one attached hydrogen (secondary N) is 1. The highest BCUT2D eigenvalue weighted by Gasteiger charge is 2.15. The predicted molar refractivity (Wildman–Crippen MR) is 73.4 cm³/mol. The predicted octanol–water partition coefficient (Wildman–Crippen LogP) is 3.84. The number of halogens is 1. The third kappa shape index (κ3) is 4.15. The van der Waals surface area contributed by atoms with Crippen LogP contribution in [0.25, 0.3) is 0 Å². The van der Waals surface area contributed by atoms with E-state index in [0.29, 0.717) is 11.3 Å². The SMILES string of the molecule is C=C(C)CC(NCCC)c1ccc(OC)cc1F. The molecular formula is C15H22FNO. The third-order valence-corrected chi connectivity index (χ3v) is 2.78. The molecule has 0 aliphatic carbocycles. The Morgan fingerprint density at radius 1 is 1.50 bits per heavy atom. The highest BCUT2D eigenvalue weighted by atomic mass is 19.1. The van der Waals surface area contributed by atoms with Crippen molar-refractivity contribution in [3.63, 3.8) is 0 Å². The van der Waals surface area contributed by atoms with Crippen LogP contribution in [0.5, 0.6) is 5.75 Å². The molecule has 0 amide bonds. The second-order valence-corrected chi connectivity index (χ2v) is 4.56. The maximum Gasteiger partial charge on any atom is 0.131 e. The minimum absolute atomic E-state index is 0.0200. The molecule has 0 saturated heterocycles. The van der Waals surface area contributed by atoms with Gasteiger partial charge in [-0.1, -0.05) is 18.6 Å². The Morgan fingerprint density at radius 3 is 2.72 bits per heavy atom. The van der Waals surface area contributed by atoms with Crippen LogP contribution in [0.3, 0.4) is 0 Å². The number of hydrogen-bond acceptors (Lipinski definition) is 2. The van der Waals surface area contributed by atoms with Gasteiger partial charge >= 0.3 is 0 Å². The standard InChI is InChI=1S/C15H22FNO/c1-5-8-17-15(9-11(2)3)13-7-6-12(18-4)10-14(13)16/h6-7,10,15,17H,2,5,8-9H2,1,3-4H3. The minimum atomic E-state index is -0.232. The van der Waals surface area contributed by atoms with E-state index in [1.54, 1.807) is 12.1 Å². The van der Waals surface area contributed by atoms with Crippen LogP contribution >= 0.6 is 0 Å². The van der Waals surface area contributed by atoms with Crippen molar-refractivity contribution in [1.82, 2.24) is 5.32 Å². The fourth-order valence-electron chi connectivity index (χ4n) is 1.88. The number of hydrogen-bond donors (Lipinski definition) is 1. The van der Waals surface area contributed by atoms with Gasteiger partial charge in [-0.2, -0.15) is 0 Å². The van der Waals surface area contributed by atoms with Gasteiger partial charge in [0.25, 0.3) is 0 Å². The average Bonchev–Trinajstić information content (AvgIpc) is 2.34. The van der Waals surface area contributed by atoms with Gasteiger partial charge < -0.3 is 10.1 Å². The molecule has 100 valence electrons. The van der Waals surface area contributed by atoms with Gasteiger partial charge in [0.2, 0.25) is 0 Å². The zero-order valence-electron chi connectivity index (χ0n) is 11.4. The lowest BCUT2D eigenvalue weighted by Gasteiger charge is -2.20. The molecule has 0 aromatic heterocycles. The van der Waals surface area contributed by atoms with Crippen LogP contribution in [0, 0.1) is 5.82 Å². The number of ether oxygens (including phenoxy) is 1. The molecule has 1 rings (SSSR count). The monoisotopic (exact) mass is 251 g/mol. The van der Waals surface area contributed by atoms with Crippen LogP contribution in [0.15, 0.2) is 30.4 Å². The Hall–Kier alpha value is -1.35. The molecule has 0 saturated carbocycles. The van der Waals surface area contributed by atoms with Gasteiger partial charge in [0, 0.05) is 17.7 Å². The molecule has 1 N–H and O–H groups in total. The lowest BCUT2D eigenvalue weighted by molar-refractivity contribution is 0.409. The smallest absolute Gasteiger partial charge is 0.131 e. The quantitative estimate of drug-likeness (QED) is 0.743. The fraction of sp³-hybridized carbons (Fsp3) is 0.467. The Kier molecular flexibility index (Phi) is 5.86. The molecule has 0 aliphatic heterocycles. The summed E-state index contributed by atoms with van der Waals surface area (Å²) in [5, 5.41) is 3.35. The van der Waals surface area contributed by atoms with Crippen molar-refractivity contribution in [1.29, 1.82) is 0 Å². The summed E-state index contributed by atoms with van der Waals surface area (Å²) >= 11 is 0. The van der Waals surface area contributed by atoms with Crippen LogP contribution in [0.4, 0.5) is 4.39 Å². The summed E-state index contributed by atoms with van der Waals surface area (Å²) in [6.07, 6.45) is 1.76. The van der Waals surface area contributed by atoms with Crippen molar-refractivity contribution < 1.29 is 9.13 Å². The van der Waals surface area contributed by atoms with E-state index in [9.17, 15) is 4.39 Å². The molecule has 0 heterocycles. The lowest BCUT2D eigenvalue weighted by atomic mass is 9.99. The summed E-state index contributed by atoms with van der Waals surface area (Å²) in [4.78, 5) is 0. The molecule has 0 radical (unpaired) electrons. The molecule has 1 atom stereocenters. The molecule has 0 fully saturated rings. The van der Waals surface area contributed by atoms with Crippen LogP contribution < -0.4 is 10.1 Å². The van der Waals surface area contributed by atoms with E-state index in [1.165, 1.54) is 13.2 Å². The maximum absolute atomic E-state index is 14.0. The van der Waals surface area contributed by atoms with Gasteiger partial charge in [0.15, 0.2) is 0 Å². The highest BCUT2D eigenvalue weighted by molar-refractivity contribution is 5.31. The molecule has 1 unspecified atom stereocenters. The van der Waals surface area contributed by atoms with Gasteiger partial charge in [-0.05, 0) is 32.4 Å². The molecule has 1 aromatic carbocycles. The zero-order valence-corrected chi connectivity index (χ0v) is 11.4. The van der Waals surface area contributed by atoms with Crippen LogP contribution in [0.1, 0.15) is 38.3 Å². The average molecular weight is 251 g/mol. The maximum atomic E-state index is 14.0. The summed E-state index contributed by atoms with van der Waals surface area (Å²) in [7, 11) is 1.54. The van der Waals surface area contributed by atoms with Gasteiger partial charge in [-0.3, -0.25) is 0 Å². The van der Waals surface area contributed by atoms with Crippen molar-refractivity contribution >= 4 is 0 Å². The van der Waals surface area contributed by atoms with Gasteiger partial charge in [0.1, 0.15) is 11.6 Å². The molecule has 0 bridgehead atoms. The summed E-state index contributed by atoms with van der Waals surface area (Å²) in [6, 6.07) is 4.98. The molecule has 0 spiro atoms. The fourth-order valence-corrected chi connectivity index (χ4v) is 1.88. The summed E-state index contributed by atoms with van der Waals surface area (Å²) in [5.74, 6) is 0.310. The van der Waals surface area contributed by atoms with E-state index >= 15 is 0 Å². The topological polar surface area (TPSA) is 21.3 Å². The molecule has 0 aliphatic rings. The van der Waals surface area contributed by atoms with Crippen LogP contribution in [-0.4, -0.2) is 13.7 Å². The third-order valence-electron chi connectivity index (χ3n) is 2.78. The summed E-state index contributed by atoms with van der Waals surface area (Å²) in [5.41, 5.74) is 1.71. The molecular weight excluding hydrogens is 229 g/mol. The molecule has 3 heteroatoms. The van der Waals surface area contributed by atoms with Crippen molar-refractivity contribution in [2.24, 2.45) is 0 Å². The van der Waals surface area contributed by atoms with E-state index in [-0.39, 0.29) is 11.9 Å². The van der Waals surface area contributed by atoms with Crippen molar-refractivity contribution in [3.05, 3.63) is 41.7 Å². The van der Waals surface area contributed by atoms with Crippen LogP contribution in [0.2, 0.25) is 0 Å². The van der Waals surface area contributed by atoms with Gasteiger partial charge in [-0.25, -0.2) is 4.39 Å². The van der Waals surface area contributed by atoms with Crippen molar-refractivity contribution in [3.8, 4) is 5.75 Å². The zero-order chi connectivity index (χ0) is 13.5.